The topological polar surface area (TPSA) is 37.2 Å². The van der Waals surface area contributed by atoms with Gasteiger partial charge in [-0.05, 0) is 80.4 Å². The standard InChI is InChI=1S/C30H37N5/c1-3-22-9-14-34(15-10-22)21-23-11-16-35(17-12-23)30-7-5-25(19-32-30)24-4-6-26-27-20-31-13-8-28(27)33(2)29(26)18-24/h4-8,13,18-20,22-23H,3,9-12,14-17,21H2,1-2H3. The Morgan fingerprint density at radius 1 is 0.800 bits per heavy atom. The number of piperidine rings is 2. The van der Waals surface area contributed by atoms with Gasteiger partial charge >= 0.3 is 0 Å². The second-order valence-corrected chi connectivity index (χ2v) is 10.7. The monoisotopic (exact) mass is 467 g/mol. The molecule has 5 heterocycles. The molecule has 0 spiro atoms. The number of likely N-dealkylation sites (tertiary alicyclic amines) is 1. The maximum atomic E-state index is 4.88. The third-order valence-corrected chi connectivity index (χ3v) is 8.63. The molecule has 35 heavy (non-hydrogen) atoms. The molecular weight excluding hydrogens is 430 g/mol. The van der Waals surface area contributed by atoms with Gasteiger partial charge in [0.15, 0.2) is 0 Å². The molecule has 0 bridgehead atoms. The maximum Gasteiger partial charge on any atom is 0.128 e. The third-order valence-electron chi connectivity index (χ3n) is 8.63. The smallest absolute Gasteiger partial charge is 0.128 e. The van der Waals surface area contributed by atoms with Gasteiger partial charge in [-0.1, -0.05) is 25.5 Å². The number of hydrogen-bond donors (Lipinski definition) is 0. The van der Waals surface area contributed by atoms with E-state index in [4.69, 9.17) is 4.98 Å². The van der Waals surface area contributed by atoms with Gasteiger partial charge in [0, 0.05) is 67.1 Å². The second kappa shape index (κ2) is 9.62. The van der Waals surface area contributed by atoms with E-state index in [1.165, 1.54) is 84.7 Å². The lowest BCUT2D eigenvalue weighted by atomic mass is 9.91. The highest BCUT2D eigenvalue weighted by molar-refractivity contribution is 6.08. The molecule has 2 aliphatic rings. The number of aromatic nitrogens is 3. The molecule has 0 N–H and O–H groups in total. The molecule has 1 aromatic carbocycles. The van der Waals surface area contributed by atoms with Crippen LogP contribution < -0.4 is 4.90 Å². The zero-order valence-corrected chi connectivity index (χ0v) is 21.2. The molecule has 5 nitrogen and oxygen atoms in total. The summed E-state index contributed by atoms with van der Waals surface area (Å²) in [6.45, 7) is 8.50. The molecule has 182 valence electrons. The Kier molecular flexibility index (Phi) is 6.19. The van der Waals surface area contributed by atoms with Crippen LogP contribution in [0.5, 0.6) is 0 Å². The van der Waals surface area contributed by atoms with Gasteiger partial charge in [0.2, 0.25) is 0 Å². The van der Waals surface area contributed by atoms with Crippen molar-refractivity contribution in [1.82, 2.24) is 19.4 Å². The zero-order valence-electron chi connectivity index (χ0n) is 21.2. The molecule has 6 rings (SSSR count). The highest BCUT2D eigenvalue weighted by Crippen LogP contribution is 2.32. The summed E-state index contributed by atoms with van der Waals surface area (Å²) in [7, 11) is 2.13. The third kappa shape index (κ3) is 4.42. The maximum absolute atomic E-state index is 4.88. The summed E-state index contributed by atoms with van der Waals surface area (Å²) in [4.78, 5) is 14.4. The molecule has 0 unspecified atom stereocenters. The zero-order chi connectivity index (χ0) is 23.8. The van der Waals surface area contributed by atoms with Crippen LogP contribution in [0, 0.1) is 11.8 Å². The fourth-order valence-electron chi connectivity index (χ4n) is 6.26. The van der Waals surface area contributed by atoms with Gasteiger partial charge in [-0.2, -0.15) is 0 Å². The summed E-state index contributed by atoms with van der Waals surface area (Å²) in [5, 5.41) is 2.46. The van der Waals surface area contributed by atoms with Crippen LogP contribution in [0.2, 0.25) is 0 Å². The van der Waals surface area contributed by atoms with E-state index in [0.717, 1.165) is 30.7 Å². The van der Waals surface area contributed by atoms with Gasteiger partial charge in [0.25, 0.3) is 0 Å². The molecule has 0 radical (unpaired) electrons. The summed E-state index contributed by atoms with van der Waals surface area (Å²) in [6, 6.07) is 13.2. The van der Waals surface area contributed by atoms with E-state index in [9.17, 15) is 0 Å². The van der Waals surface area contributed by atoms with Crippen molar-refractivity contribution in [3.63, 3.8) is 0 Å². The predicted octanol–water partition coefficient (Wildman–Crippen LogP) is 6.13. The van der Waals surface area contributed by atoms with Crippen LogP contribution in [0.3, 0.4) is 0 Å². The van der Waals surface area contributed by atoms with Crippen molar-refractivity contribution in [2.75, 3.05) is 37.6 Å². The van der Waals surface area contributed by atoms with Crippen molar-refractivity contribution in [3.05, 3.63) is 55.0 Å². The Morgan fingerprint density at radius 3 is 2.31 bits per heavy atom. The van der Waals surface area contributed by atoms with E-state index in [1.807, 2.05) is 18.6 Å². The molecular formula is C30H37N5. The van der Waals surface area contributed by atoms with E-state index in [-0.39, 0.29) is 0 Å². The number of fused-ring (bicyclic) bond motifs is 3. The average Bonchev–Trinajstić information content (AvgIpc) is 3.21. The van der Waals surface area contributed by atoms with Gasteiger partial charge in [-0.15, -0.1) is 0 Å². The van der Waals surface area contributed by atoms with E-state index in [1.54, 1.807) is 0 Å². The lowest BCUT2D eigenvalue weighted by Crippen LogP contribution is -2.41. The van der Waals surface area contributed by atoms with Crippen LogP contribution in [-0.4, -0.2) is 52.2 Å². The summed E-state index contributed by atoms with van der Waals surface area (Å²) in [5.74, 6) is 2.92. The van der Waals surface area contributed by atoms with Crippen molar-refractivity contribution in [2.45, 2.75) is 39.0 Å². The number of hydrogen-bond acceptors (Lipinski definition) is 4. The van der Waals surface area contributed by atoms with Gasteiger partial charge in [0.05, 0.1) is 5.52 Å². The summed E-state index contributed by atoms with van der Waals surface area (Å²) < 4.78 is 2.26. The molecule has 3 aromatic heterocycles. The van der Waals surface area contributed by atoms with E-state index in [0.29, 0.717) is 0 Å². The molecule has 4 aromatic rings. The van der Waals surface area contributed by atoms with Crippen molar-refractivity contribution in [3.8, 4) is 11.1 Å². The number of anilines is 1. The highest BCUT2D eigenvalue weighted by atomic mass is 15.2. The minimum Gasteiger partial charge on any atom is -0.357 e. The van der Waals surface area contributed by atoms with Crippen LogP contribution in [-0.2, 0) is 7.05 Å². The number of aryl methyl sites for hydroxylation is 1. The summed E-state index contributed by atoms with van der Waals surface area (Å²) >= 11 is 0. The highest BCUT2D eigenvalue weighted by Gasteiger charge is 2.24. The number of pyridine rings is 2. The van der Waals surface area contributed by atoms with Crippen molar-refractivity contribution < 1.29 is 0 Å². The van der Waals surface area contributed by atoms with Crippen LogP contribution in [0.1, 0.15) is 39.0 Å². The Morgan fingerprint density at radius 2 is 1.57 bits per heavy atom. The van der Waals surface area contributed by atoms with Crippen molar-refractivity contribution in [2.24, 2.45) is 18.9 Å². The van der Waals surface area contributed by atoms with Gasteiger partial charge in [-0.3, -0.25) is 4.98 Å². The first-order valence-corrected chi connectivity index (χ1v) is 13.5. The number of benzene rings is 1. The van der Waals surface area contributed by atoms with Gasteiger partial charge < -0.3 is 14.4 Å². The minimum atomic E-state index is 0.839. The molecule has 2 saturated heterocycles. The van der Waals surface area contributed by atoms with Crippen LogP contribution >= 0.6 is 0 Å². The molecule has 5 heteroatoms. The Balaban J connectivity index is 1.10. The lowest BCUT2D eigenvalue weighted by Gasteiger charge is -2.38. The first kappa shape index (κ1) is 22.5. The van der Waals surface area contributed by atoms with Crippen LogP contribution in [0.4, 0.5) is 5.82 Å². The Hall–Kier alpha value is -2.92. The fourth-order valence-corrected chi connectivity index (χ4v) is 6.26. The number of rotatable bonds is 5. The van der Waals surface area contributed by atoms with Crippen LogP contribution in [0.25, 0.3) is 32.9 Å². The Bertz CT molecular complexity index is 1290. The first-order chi connectivity index (χ1) is 17.2. The first-order valence-electron chi connectivity index (χ1n) is 13.5. The molecule has 0 atom stereocenters. The van der Waals surface area contributed by atoms with E-state index in [2.05, 4.69) is 69.7 Å². The Labute approximate surface area is 208 Å². The van der Waals surface area contributed by atoms with Gasteiger partial charge in [0.1, 0.15) is 5.82 Å². The normalized spacial score (nSPS) is 18.6. The largest absolute Gasteiger partial charge is 0.357 e. The predicted molar refractivity (Wildman–Crippen MR) is 146 cm³/mol. The second-order valence-electron chi connectivity index (χ2n) is 10.7. The fraction of sp³-hybridized carbons (Fsp3) is 0.467. The molecule has 2 fully saturated rings. The van der Waals surface area contributed by atoms with Crippen LogP contribution in [0.15, 0.2) is 55.0 Å². The lowest BCUT2D eigenvalue weighted by molar-refractivity contribution is 0.149. The summed E-state index contributed by atoms with van der Waals surface area (Å²) in [5.41, 5.74) is 4.83. The van der Waals surface area contributed by atoms with Crippen molar-refractivity contribution in [1.29, 1.82) is 0 Å². The number of nitrogens with zero attached hydrogens (tertiary/aromatic N) is 5. The molecule has 0 amide bonds. The molecule has 2 aliphatic heterocycles. The summed E-state index contributed by atoms with van der Waals surface area (Å²) in [6.07, 6.45) is 12.6. The minimum absolute atomic E-state index is 0.839. The molecule has 0 aliphatic carbocycles. The quantitative estimate of drug-likeness (QED) is 0.354. The average molecular weight is 468 g/mol. The SMILES string of the molecule is CCC1CCN(CC2CCN(c3ccc(-c4ccc5c6cnccc6n(C)c5c4)cn3)CC2)CC1. The molecule has 0 saturated carbocycles. The van der Waals surface area contributed by atoms with E-state index < -0.39 is 0 Å². The van der Waals surface area contributed by atoms with Crippen molar-refractivity contribution >= 4 is 27.6 Å². The van der Waals surface area contributed by atoms with E-state index >= 15 is 0 Å². The van der Waals surface area contributed by atoms with Gasteiger partial charge in [-0.25, -0.2) is 4.98 Å².